The minimum atomic E-state index is -1.07. The highest BCUT2D eigenvalue weighted by molar-refractivity contribution is 6.30. The molecule has 12 heteroatoms. The van der Waals surface area contributed by atoms with Crippen molar-refractivity contribution in [2.75, 3.05) is 37.7 Å². The van der Waals surface area contributed by atoms with E-state index in [1.807, 2.05) is 18.2 Å². The van der Waals surface area contributed by atoms with Gasteiger partial charge < -0.3 is 28.8 Å². The Morgan fingerprint density at radius 1 is 1.12 bits per heavy atom. The van der Waals surface area contributed by atoms with Crippen LogP contribution in [0.25, 0.3) is 11.2 Å². The van der Waals surface area contributed by atoms with Gasteiger partial charge in [-0.3, -0.25) is 4.90 Å². The second-order valence-corrected chi connectivity index (χ2v) is 11.5. The summed E-state index contributed by atoms with van der Waals surface area (Å²) in [7, 11) is 0. The van der Waals surface area contributed by atoms with Gasteiger partial charge in [-0.1, -0.05) is 23.7 Å². The van der Waals surface area contributed by atoms with E-state index in [9.17, 15) is 14.3 Å². The molecule has 4 aromatic rings. The first-order chi connectivity index (χ1) is 20.4. The number of hydrogen-bond donors (Lipinski definition) is 1. The molecule has 8 rings (SSSR count). The van der Waals surface area contributed by atoms with Crippen molar-refractivity contribution in [3.63, 3.8) is 0 Å². The number of piperazine rings is 1. The number of rotatable bonds is 4. The number of imidazole rings is 1. The first kappa shape index (κ1) is 25.8. The van der Waals surface area contributed by atoms with Crippen molar-refractivity contribution in [2.24, 2.45) is 0 Å². The van der Waals surface area contributed by atoms with E-state index in [2.05, 4.69) is 19.4 Å². The lowest BCUT2D eigenvalue weighted by Crippen LogP contribution is -2.61. The zero-order valence-electron chi connectivity index (χ0n) is 22.5. The second-order valence-electron chi connectivity index (χ2n) is 11.1. The van der Waals surface area contributed by atoms with E-state index >= 15 is 0 Å². The molecule has 6 heterocycles. The smallest absolute Gasteiger partial charge is 0.354 e. The van der Waals surface area contributed by atoms with E-state index in [4.69, 9.17) is 30.8 Å². The van der Waals surface area contributed by atoms with Crippen LogP contribution in [-0.2, 0) is 11.3 Å². The standard InChI is InChI=1S/C30H27ClFN5O5/c31-16-4-5-17(18(32)12-16)25-15-41-24-3-1-2-21(28(24)42-25)35-9-10-36-14-26-33-19-6-7-20(30(38)39)34-29(19)37(26)27(22(36)13-35)23-8-11-40-23/h1-7,12,22-23,25,27H,8-11,13-15H2,(H,38,39)/t22-,23+,25?,27?/m1/s1. The normalized spacial score (nSPS) is 25.0. The lowest BCUT2D eigenvalue weighted by atomic mass is 9.91. The van der Waals surface area contributed by atoms with Crippen molar-refractivity contribution >= 4 is 34.4 Å². The molecule has 216 valence electrons. The predicted molar refractivity (Wildman–Crippen MR) is 151 cm³/mol. The molecule has 0 spiro atoms. The molecule has 2 unspecified atom stereocenters. The monoisotopic (exact) mass is 591 g/mol. The molecule has 0 saturated carbocycles. The Kier molecular flexibility index (Phi) is 6.02. The van der Waals surface area contributed by atoms with Crippen LogP contribution in [0.15, 0.2) is 48.5 Å². The molecule has 42 heavy (non-hydrogen) atoms. The second kappa shape index (κ2) is 9.82. The number of carboxylic acids is 1. The summed E-state index contributed by atoms with van der Waals surface area (Å²) in [5.74, 6) is 0.575. The van der Waals surface area contributed by atoms with Gasteiger partial charge in [-0.05, 0) is 42.8 Å². The van der Waals surface area contributed by atoms with Crippen molar-refractivity contribution < 1.29 is 28.5 Å². The quantitative estimate of drug-likeness (QED) is 0.368. The van der Waals surface area contributed by atoms with Crippen molar-refractivity contribution in [1.82, 2.24) is 19.4 Å². The maximum atomic E-state index is 14.8. The Balaban J connectivity index is 1.14. The molecule has 2 fully saturated rings. The number of ether oxygens (including phenoxy) is 3. The fourth-order valence-electron chi connectivity index (χ4n) is 6.69. The van der Waals surface area contributed by atoms with Gasteiger partial charge in [-0.2, -0.15) is 0 Å². The van der Waals surface area contributed by atoms with Crippen LogP contribution >= 0.6 is 11.6 Å². The van der Waals surface area contributed by atoms with Crippen molar-refractivity contribution in [2.45, 2.75) is 37.3 Å². The highest BCUT2D eigenvalue weighted by atomic mass is 35.5. The third-order valence-corrected chi connectivity index (χ3v) is 9.01. The van der Waals surface area contributed by atoms with E-state index in [0.717, 1.165) is 31.0 Å². The summed E-state index contributed by atoms with van der Waals surface area (Å²) in [6, 6.07) is 13.6. The number of carbonyl (C=O) groups is 1. The zero-order chi connectivity index (χ0) is 28.5. The minimum absolute atomic E-state index is 0.00841. The molecule has 2 saturated heterocycles. The summed E-state index contributed by atoms with van der Waals surface area (Å²) in [6.45, 7) is 3.70. The van der Waals surface area contributed by atoms with E-state index in [0.29, 0.717) is 52.9 Å². The lowest BCUT2D eigenvalue weighted by Gasteiger charge is -2.52. The topological polar surface area (TPSA) is 102 Å². The average Bonchev–Trinajstić information content (AvgIpc) is 3.32. The molecular weight excluding hydrogens is 565 g/mol. The molecule has 0 radical (unpaired) electrons. The zero-order valence-corrected chi connectivity index (χ0v) is 23.2. The molecule has 4 atom stereocenters. The van der Waals surface area contributed by atoms with Gasteiger partial charge in [-0.15, -0.1) is 0 Å². The Morgan fingerprint density at radius 3 is 2.79 bits per heavy atom. The third-order valence-electron chi connectivity index (χ3n) is 8.77. The van der Waals surface area contributed by atoms with E-state index in [1.54, 1.807) is 18.2 Å². The summed E-state index contributed by atoms with van der Waals surface area (Å²) >= 11 is 5.98. The van der Waals surface area contributed by atoms with Gasteiger partial charge in [0.05, 0.1) is 30.4 Å². The molecule has 2 aromatic carbocycles. The van der Waals surface area contributed by atoms with Gasteiger partial charge >= 0.3 is 5.97 Å². The van der Waals surface area contributed by atoms with Crippen LogP contribution in [0.1, 0.15) is 40.4 Å². The van der Waals surface area contributed by atoms with Crippen molar-refractivity contribution in [3.05, 3.63) is 76.5 Å². The molecule has 1 N–H and O–H groups in total. The first-order valence-electron chi connectivity index (χ1n) is 14.0. The number of carboxylic acid groups (broad SMARTS) is 1. The fourth-order valence-corrected chi connectivity index (χ4v) is 6.84. The minimum Gasteiger partial charge on any atom is -0.485 e. The van der Waals surface area contributed by atoms with Crippen LogP contribution in [0.2, 0.25) is 5.02 Å². The number of halogens is 2. The van der Waals surface area contributed by atoms with Crippen LogP contribution in [0, 0.1) is 5.82 Å². The molecule has 0 bridgehead atoms. The molecule has 4 aliphatic rings. The molecule has 10 nitrogen and oxygen atoms in total. The molecule has 0 amide bonds. The van der Waals surface area contributed by atoms with Crippen LogP contribution in [0.5, 0.6) is 11.5 Å². The highest BCUT2D eigenvalue weighted by Gasteiger charge is 2.46. The van der Waals surface area contributed by atoms with Crippen LogP contribution in [0.4, 0.5) is 10.1 Å². The Morgan fingerprint density at radius 2 is 2.00 bits per heavy atom. The summed E-state index contributed by atoms with van der Waals surface area (Å²) in [5, 5.41) is 9.93. The molecule has 0 aliphatic carbocycles. The number of hydrogen-bond acceptors (Lipinski definition) is 8. The van der Waals surface area contributed by atoms with Crippen molar-refractivity contribution in [1.29, 1.82) is 0 Å². The number of fused-ring (bicyclic) bond motifs is 5. The lowest BCUT2D eigenvalue weighted by molar-refractivity contribution is -0.107. The number of aromatic carboxylic acids is 1. The van der Waals surface area contributed by atoms with Crippen LogP contribution in [0.3, 0.4) is 0 Å². The molecular formula is C30H27ClFN5O5. The number of para-hydroxylation sites is 1. The summed E-state index contributed by atoms with van der Waals surface area (Å²) < 4.78 is 35.5. The van der Waals surface area contributed by atoms with E-state index in [-0.39, 0.29) is 30.5 Å². The molecule has 2 aromatic heterocycles. The Bertz CT molecular complexity index is 1730. The fraction of sp³-hybridized carbons (Fsp3) is 0.367. The summed E-state index contributed by atoms with van der Waals surface area (Å²) in [4.78, 5) is 25.8. The maximum absolute atomic E-state index is 14.8. The third kappa shape index (κ3) is 4.10. The van der Waals surface area contributed by atoms with Gasteiger partial charge in [0.15, 0.2) is 28.9 Å². The predicted octanol–water partition coefficient (Wildman–Crippen LogP) is 4.47. The SMILES string of the molecule is O=C(O)c1ccc2nc3n(c2n1)C([C@@H]1CCO1)[C@H]1CN(c2cccc4c2OC(c2ccc(Cl)cc2F)CO4)CCN1C3. The number of anilines is 1. The number of benzene rings is 2. The Hall–Kier alpha value is -3.93. The highest BCUT2D eigenvalue weighted by Crippen LogP contribution is 2.46. The number of nitrogens with zero attached hydrogens (tertiary/aromatic N) is 5. The van der Waals surface area contributed by atoms with Gasteiger partial charge in [0.25, 0.3) is 0 Å². The van der Waals surface area contributed by atoms with Gasteiger partial charge in [0.1, 0.15) is 23.8 Å². The Labute approximate surface area is 245 Å². The summed E-state index contributed by atoms with van der Waals surface area (Å²) in [6.07, 6.45) is 0.252. The van der Waals surface area contributed by atoms with Crippen LogP contribution < -0.4 is 14.4 Å². The summed E-state index contributed by atoms with van der Waals surface area (Å²) in [5.41, 5.74) is 2.52. The first-order valence-corrected chi connectivity index (χ1v) is 14.4. The van der Waals surface area contributed by atoms with Gasteiger partial charge in [0.2, 0.25) is 0 Å². The average molecular weight is 592 g/mol. The van der Waals surface area contributed by atoms with Gasteiger partial charge in [0, 0.05) is 36.8 Å². The van der Waals surface area contributed by atoms with E-state index in [1.165, 1.54) is 12.1 Å². The van der Waals surface area contributed by atoms with Crippen LogP contribution in [-0.4, -0.2) is 75.5 Å². The van der Waals surface area contributed by atoms with E-state index < -0.39 is 17.9 Å². The number of aromatic nitrogens is 3. The number of pyridine rings is 1. The largest absolute Gasteiger partial charge is 0.485 e. The molecule has 4 aliphatic heterocycles. The maximum Gasteiger partial charge on any atom is 0.354 e. The van der Waals surface area contributed by atoms with Crippen molar-refractivity contribution in [3.8, 4) is 11.5 Å². The van der Waals surface area contributed by atoms with Gasteiger partial charge in [-0.25, -0.2) is 19.2 Å².